The highest BCUT2D eigenvalue weighted by molar-refractivity contribution is 5.51. The van der Waals surface area contributed by atoms with E-state index in [4.69, 9.17) is 0 Å². The first-order valence-corrected chi connectivity index (χ1v) is 4.93. The molecule has 0 aliphatic heterocycles. The predicted octanol–water partition coefficient (Wildman–Crippen LogP) is 1.46. The minimum absolute atomic E-state index is 0.650. The molecule has 68 valence electrons. The van der Waals surface area contributed by atoms with Crippen LogP contribution in [-0.2, 0) is 0 Å². The Hall–Kier alpha value is -1.11. The highest BCUT2D eigenvalue weighted by Gasteiger charge is 2.07. The monoisotopic (exact) mass is 173 g/mol. The van der Waals surface area contributed by atoms with E-state index >= 15 is 0 Å². The largest absolute Gasteiger partial charge is 0.257 e. The number of pyridine rings is 1. The van der Waals surface area contributed by atoms with E-state index in [9.17, 15) is 0 Å². The molecule has 0 saturated carbocycles. The first kappa shape index (κ1) is 8.49. The molecular weight excluding hydrogens is 158 g/mol. The first-order chi connectivity index (χ1) is 6.29. The van der Waals surface area contributed by atoms with E-state index < -0.39 is 0 Å². The quantitative estimate of drug-likeness (QED) is 0.626. The third kappa shape index (κ3) is 1.51. The van der Waals surface area contributed by atoms with Gasteiger partial charge in [0.25, 0.3) is 0 Å². The van der Waals surface area contributed by atoms with Crippen LogP contribution in [0.2, 0.25) is 0 Å². The van der Waals surface area contributed by atoms with Crippen molar-refractivity contribution in [1.82, 2.24) is 4.98 Å². The van der Waals surface area contributed by atoms with Crippen LogP contribution in [0, 0.1) is 5.92 Å². The van der Waals surface area contributed by atoms with E-state index in [1.54, 1.807) is 5.57 Å². The number of fused-ring (bicyclic) bond motifs is 1. The maximum Gasteiger partial charge on any atom is 0.0661 e. The summed E-state index contributed by atoms with van der Waals surface area (Å²) in [6.07, 6.45) is 6.47. The Morgan fingerprint density at radius 1 is 1.38 bits per heavy atom. The number of aromatic nitrogens is 1. The van der Waals surface area contributed by atoms with Gasteiger partial charge < -0.3 is 0 Å². The maximum absolute atomic E-state index is 4.38. The molecule has 1 heterocycles. The van der Waals surface area contributed by atoms with Crippen LogP contribution in [-0.4, -0.2) is 4.98 Å². The van der Waals surface area contributed by atoms with Gasteiger partial charge in [-0.2, -0.15) is 0 Å². The summed E-state index contributed by atoms with van der Waals surface area (Å²) in [6, 6.07) is 4.22. The molecule has 1 heteroatoms. The van der Waals surface area contributed by atoms with Gasteiger partial charge in [0.15, 0.2) is 0 Å². The van der Waals surface area contributed by atoms with Crippen molar-refractivity contribution in [1.29, 1.82) is 0 Å². The number of rotatable bonds is 1. The molecular formula is C12H15N. The molecule has 0 unspecified atom stereocenters. The predicted molar refractivity (Wildman–Crippen MR) is 55.4 cm³/mol. The fourth-order valence-corrected chi connectivity index (χ4v) is 1.95. The van der Waals surface area contributed by atoms with Crippen LogP contribution in [0.5, 0.6) is 0 Å². The van der Waals surface area contributed by atoms with Crippen molar-refractivity contribution in [2.75, 3.05) is 0 Å². The zero-order valence-corrected chi connectivity index (χ0v) is 8.25. The molecule has 0 radical (unpaired) electrons. The lowest BCUT2D eigenvalue weighted by atomic mass is 9.93. The molecule has 0 spiro atoms. The standard InChI is InChI=1S/C12H15N/c1-9(2)10-5-3-7-12-11(10)6-4-8-13-12/h4,6-9H,3,5H2,1-2H3. The van der Waals surface area contributed by atoms with Crippen LogP contribution >= 0.6 is 0 Å². The Kier molecular flexibility index (Phi) is 2.17. The SMILES string of the molecule is CC(C)C1=c2cccnc2=CCC1. The zero-order chi connectivity index (χ0) is 9.26. The smallest absolute Gasteiger partial charge is 0.0661 e. The molecule has 0 bridgehead atoms. The minimum atomic E-state index is 0.650. The molecule has 0 atom stereocenters. The van der Waals surface area contributed by atoms with Crippen molar-refractivity contribution in [3.63, 3.8) is 0 Å². The van der Waals surface area contributed by atoms with Gasteiger partial charge >= 0.3 is 0 Å². The van der Waals surface area contributed by atoms with E-state index in [1.165, 1.54) is 17.0 Å². The molecule has 0 saturated heterocycles. The van der Waals surface area contributed by atoms with Crippen LogP contribution in [0.4, 0.5) is 0 Å². The maximum atomic E-state index is 4.38. The normalized spacial score (nSPS) is 15.5. The Morgan fingerprint density at radius 2 is 2.23 bits per heavy atom. The van der Waals surface area contributed by atoms with Gasteiger partial charge in [0.05, 0.1) is 5.35 Å². The summed E-state index contributed by atoms with van der Waals surface area (Å²) in [5.41, 5.74) is 1.56. The Morgan fingerprint density at radius 3 is 3.00 bits per heavy atom. The second-order valence-electron chi connectivity index (χ2n) is 3.86. The van der Waals surface area contributed by atoms with Gasteiger partial charge in [-0.05, 0) is 30.0 Å². The van der Waals surface area contributed by atoms with Gasteiger partial charge in [0.1, 0.15) is 0 Å². The molecule has 1 aliphatic carbocycles. The Labute approximate surface area is 78.8 Å². The lowest BCUT2D eigenvalue weighted by molar-refractivity contribution is 0.794. The van der Waals surface area contributed by atoms with Crippen molar-refractivity contribution >= 4 is 11.6 Å². The van der Waals surface area contributed by atoms with Gasteiger partial charge in [0, 0.05) is 6.20 Å². The molecule has 0 amide bonds. The second-order valence-corrected chi connectivity index (χ2v) is 3.86. The summed E-state index contributed by atoms with van der Waals surface area (Å²) < 4.78 is 0. The second kappa shape index (κ2) is 3.33. The molecule has 13 heavy (non-hydrogen) atoms. The zero-order valence-electron chi connectivity index (χ0n) is 8.25. The van der Waals surface area contributed by atoms with Crippen molar-refractivity contribution < 1.29 is 0 Å². The molecule has 1 aromatic rings. The molecule has 1 aliphatic rings. The average molecular weight is 173 g/mol. The fourth-order valence-electron chi connectivity index (χ4n) is 1.95. The summed E-state index contributed by atoms with van der Waals surface area (Å²) in [7, 11) is 0. The van der Waals surface area contributed by atoms with E-state index in [0.717, 1.165) is 6.42 Å². The molecule has 2 rings (SSSR count). The van der Waals surface area contributed by atoms with Gasteiger partial charge in [0.2, 0.25) is 0 Å². The van der Waals surface area contributed by atoms with Gasteiger partial charge in [-0.1, -0.05) is 31.6 Å². The third-order valence-corrected chi connectivity index (χ3v) is 2.63. The lowest BCUT2D eigenvalue weighted by Gasteiger charge is -2.13. The minimum Gasteiger partial charge on any atom is -0.257 e. The van der Waals surface area contributed by atoms with Crippen molar-refractivity contribution in [2.24, 2.45) is 5.92 Å². The van der Waals surface area contributed by atoms with Crippen LogP contribution in [0.15, 0.2) is 18.3 Å². The lowest BCUT2D eigenvalue weighted by Crippen LogP contribution is -2.33. The van der Waals surface area contributed by atoms with Crippen molar-refractivity contribution in [3.8, 4) is 0 Å². The Balaban J connectivity index is 2.76. The topological polar surface area (TPSA) is 12.9 Å². The molecule has 1 nitrogen and oxygen atoms in total. The highest BCUT2D eigenvalue weighted by Crippen LogP contribution is 2.16. The number of hydrogen-bond donors (Lipinski definition) is 0. The highest BCUT2D eigenvalue weighted by atomic mass is 14.6. The molecule has 0 N–H and O–H groups in total. The number of hydrogen-bond acceptors (Lipinski definition) is 1. The summed E-state index contributed by atoms with van der Waals surface area (Å²) >= 11 is 0. The van der Waals surface area contributed by atoms with E-state index in [0.29, 0.717) is 5.92 Å². The van der Waals surface area contributed by atoms with Gasteiger partial charge in [-0.15, -0.1) is 0 Å². The summed E-state index contributed by atoms with van der Waals surface area (Å²) in [6.45, 7) is 4.52. The van der Waals surface area contributed by atoms with E-state index in [2.05, 4.69) is 31.0 Å². The summed E-state index contributed by atoms with van der Waals surface area (Å²) in [5.74, 6) is 0.650. The van der Waals surface area contributed by atoms with Crippen LogP contribution in [0.3, 0.4) is 0 Å². The molecule has 0 fully saturated rings. The number of nitrogens with zero attached hydrogens (tertiary/aromatic N) is 1. The van der Waals surface area contributed by atoms with E-state index in [-0.39, 0.29) is 0 Å². The Bertz CT molecular complexity index is 415. The fraction of sp³-hybridized carbons (Fsp3) is 0.417. The van der Waals surface area contributed by atoms with E-state index in [1.807, 2.05) is 12.3 Å². The third-order valence-electron chi connectivity index (χ3n) is 2.63. The van der Waals surface area contributed by atoms with Gasteiger partial charge in [-0.3, -0.25) is 4.98 Å². The van der Waals surface area contributed by atoms with Crippen LogP contribution in [0.1, 0.15) is 26.7 Å². The van der Waals surface area contributed by atoms with Crippen LogP contribution in [0.25, 0.3) is 11.6 Å². The van der Waals surface area contributed by atoms with Crippen LogP contribution < -0.4 is 10.6 Å². The van der Waals surface area contributed by atoms with Crippen molar-refractivity contribution in [2.45, 2.75) is 26.7 Å². The molecule has 1 aromatic heterocycles. The van der Waals surface area contributed by atoms with Gasteiger partial charge in [-0.25, -0.2) is 0 Å². The van der Waals surface area contributed by atoms with Crippen molar-refractivity contribution in [3.05, 3.63) is 28.9 Å². The first-order valence-electron chi connectivity index (χ1n) is 4.93. The summed E-state index contributed by atoms with van der Waals surface area (Å²) in [5, 5.41) is 2.54. The average Bonchev–Trinajstić information content (AvgIpc) is 2.17. The molecule has 0 aromatic carbocycles. The summed E-state index contributed by atoms with van der Waals surface area (Å²) in [4.78, 5) is 4.38.